The molecule has 0 aromatic carbocycles. The summed E-state index contributed by atoms with van der Waals surface area (Å²) in [6.45, 7) is 7.03. The predicted octanol–water partition coefficient (Wildman–Crippen LogP) is 4.91. The fraction of sp³-hybridized carbons (Fsp3) is 0.514. The first-order valence-corrected chi connectivity index (χ1v) is 19.7. The van der Waals surface area contributed by atoms with Gasteiger partial charge in [-0.2, -0.15) is 16.4 Å². The lowest BCUT2D eigenvalue weighted by Gasteiger charge is -2.30. The Morgan fingerprint density at radius 1 is 1.15 bits per heavy atom. The molecule has 5 atom stereocenters. The SMILES string of the molecule is CCOC(=O)[C@@]12C[C@@H]1/C=C\CCCCC[C@H](NC(=O)OC(C)(C)C)C(=O)N1C[C@H](n3ncc(Sc4ncccn4)c(-c4ccsc4)c3=O)C[C@H]1C(=O)N2. The van der Waals surface area contributed by atoms with E-state index in [0.717, 1.165) is 19.3 Å². The lowest BCUT2D eigenvalue weighted by molar-refractivity contribution is -0.150. The molecule has 282 valence electrons. The third-order valence-electron chi connectivity index (χ3n) is 9.45. The minimum absolute atomic E-state index is 0.0383. The van der Waals surface area contributed by atoms with E-state index in [1.807, 2.05) is 29.0 Å². The predicted molar refractivity (Wildman–Crippen MR) is 198 cm³/mol. The van der Waals surface area contributed by atoms with Crippen LogP contribution in [0.15, 0.2) is 68.5 Å². The summed E-state index contributed by atoms with van der Waals surface area (Å²) >= 11 is 2.66. The Kier molecular flexibility index (Phi) is 11.7. The quantitative estimate of drug-likeness (QED) is 0.190. The third kappa shape index (κ3) is 8.81. The van der Waals surface area contributed by atoms with Crippen molar-refractivity contribution in [2.24, 2.45) is 5.92 Å². The first-order valence-electron chi connectivity index (χ1n) is 18.0. The van der Waals surface area contributed by atoms with Crippen LogP contribution < -0.4 is 16.2 Å². The van der Waals surface area contributed by atoms with Crippen LogP contribution in [0.4, 0.5) is 4.79 Å². The van der Waals surface area contributed by atoms with Gasteiger partial charge in [0.25, 0.3) is 5.56 Å². The molecule has 3 aromatic rings. The third-order valence-corrected chi connectivity index (χ3v) is 11.1. The molecule has 6 rings (SSSR count). The maximum atomic E-state index is 14.5. The molecule has 0 bridgehead atoms. The summed E-state index contributed by atoms with van der Waals surface area (Å²) < 4.78 is 12.2. The number of esters is 1. The average molecular weight is 764 g/mol. The number of carbonyl (C=O) groups excluding carboxylic acids is 4. The first kappa shape index (κ1) is 38.2. The van der Waals surface area contributed by atoms with Crippen LogP contribution in [0.25, 0.3) is 11.1 Å². The summed E-state index contributed by atoms with van der Waals surface area (Å²) in [5.41, 5.74) is -1.36. The molecule has 53 heavy (non-hydrogen) atoms. The van der Waals surface area contributed by atoms with Gasteiger partial charge in [-0.1, -0.05) is 25.0 Å². The van der Waals surface area contributed by atoms with E-state index in [2.05, 4.69) is 25.7 Å². The van der Waals surface area contributed by atoms with E-state index in [1.54, 1.807) is 52.4 Å². The molecular weight excluding hydrogens is 719 g/mol. The van der Waals surface area contributed by atoms with E-state index in [0.29, 0.717) is 40.4 Å². The molecule has 3 aliphatic rings. The molecular formula is C37H45N7O7S2. The molecule has 2 aliphatic heterocycles. The fourth-order valence-corrected chi connectivity index (χ4v) is 8.33. The Labute approximate surface area is 316 Å². The molecule has 0 unspecified atom stereocenters. The zero-order chi connectivity index (χ0) is 37.8. The van der Waals surface area contributed by atoms with E-state index in [1.165, 1.54) is 32.7 Å². The number of nitrogens with one attached hydrogen (secondary N) is 2. The van der Waals surface area contributed by atoms with Crippen molar-refractivity contribution in [3.05, 3.63) is 64.0 Å². The van der Waals surface area contributed by atoms with E-state index in [-0.39, 0.29) is 25.5 Å². The lowest BCUT2D eigenvalue weighted by atomic mass is 10.0. The summed E-state index contributed by atoms with van der Waals surface area (Å²) in [6, 6.07) is 0.766. The molecule has 3 amide bonds. The Bertz CT molecular complexity index is 1900. The Balaban J connectivity index is 1.37. The number of nitrogens with zero attached hydrogens (tertiary/aromatic N) is 5. The normalized spacial score (nSPS) is 25.5. The minimum Gasteiger partial charge on any atom is -0.464 e. The number of thiophene rings is 1. The van der Waals surface area contributed by atoms with Gasteiger partial charge in [-0.05, 0) is 93.6 Å². The van der Waals surface area contributed by atoms with Gasteiger partial charge in [0.05, 0.1) is 24.4 Å². The van der Waals surface area contributed by atoms with Crippen LogP contribution in [-0.4, -0.2) is 84.9 Å². The summed E-state index contributed by atoms with van der Waals surface area (Å²) in [5.74, 6) is -1.81. The smallest absolute Gasteiger partial charge is 0.408 e. The Hall–Kier alpha value is -4.57. The summed E-state index contributed by atoms with van der Waals surface area (Å²) in [7, 11) is 0. The van der Waals surface area contributed by atoms with Crippen molar-refractivity contribution in [2.45, 2.75) is 112 Å². The number of ether oxygens (including phenoxy) is 2. The summed E-state index contributed by atoms with van der Waals surface area (Å²) in [6.07, 6.45) is 11.8. The van der Waals surface area contributed by atoms with Crippen molar-refractivity contribution in [3.63, 3.8) is 0 Å². The van der Waals surface area contributed by atoms with Crippen molar-refractivity contribution in [3.8, 4) is 11.1 Å². The number of alkyl carbamates (subject to hydrolysis) is 1. The highest BCUT2D eigenvalue weighted by Crippen LogP contribution is 2.46. The van der Waals surface area contributed by atoms with E-state index in [4.69, 9.17) is 9.47 Å². The first-order chi connectivity index (χ1) is 25.4. The molecule has 0 spiro atoms. The second kappa shape index (κ2) is 16.2. The van der Waals surface area contributed by atoms with E-state index in [9.17, 15) is 24.0 Å². The lowest BCUT2D eigenvalue weighted by Crippen LogP contribution is -2.56. The highest BCUT2D eigenvalue weighted by Gasteiger charge is 2.62. The van der Waals surface area contributed by atoms with Crippen LogP contribution in [0, 0.1) is 5.92 Å². The number of allylic oxidation sites excluding steroid dienone is 1. The highest BCUT2D eigenvalue weighted by atomic mass is 32.2. The summed E-state index contributed by atoms with van der Waals surface area (Å²) in [4.78, 5) is 80.2. The van der Waals surface area contributed by atoms with Gasteiger partial charge in [-0.3, -0.25) is 14.4 Å². The van der Waals surface area contributed by atoms with Gasteiger partial charge in [-0.15, -0.1) is 0 Å². The molecule has 5 heterocycles. The molecule has 16 heteroatoms. The van der Waals surface area contributed by atoms with Crippen molar-refractivity contribution >= 4 is 47.0 Å². The Morgan fingerprint density at radius 2 is 1.94 bits per heavy atom. The fourth-order valence-electron chi connectivity index (χ4n) is 6.85. The number of carbonyl (C=O) groups is 4. The number of hydrogen-bond acceptors (Lipinski definition) is 12. The van der Waals surface area contributed by atoms with E-state index < -0.39 is 58.7 Å². The molecule has 2 N–H and O–H groups in total. The van der Waals surface area contributed by atoms with Gasteiger partial charge in [0, 0.05) is 36.2 Å². The number of hydrogen-bond donors (Lipinski definition) is 2. The molecule has 14 nitrogen and oxygen atoms in total. The van der Waals surface area contributed by atoms with E-state index >= 15 is 0 Å². The topological polar surface area (TPSA) is 175 Å². The van der Waals surface area contributed by atoms with Crippen LogP contribution in [0.5, 0.6) is 0 Å². The van der Waals surface area contributed by atoms with Crippen LogP contribution in [0.2, 0.25) is 0 Å². The number of fused-ring (bicyclic) bond motifs is 2. The van der Waals surface area contributed by atoms with Crippen molar-refractivity contribution in [1.82, 2.24) is 35.3 Å². The molecule has 2 fully saturated rings. The molecule has 3 aromatic heterocycles. The van der Waals surface area contributed by atoms with Crippen LogP contribution in [-0.2, 0) is 23.9 Å². The second-order valence-electron chi connectivity index (χ2n) is 14.4. The maximum Gasteiger partial charge on any atom is 0.408 e. The minimum atomic E-state index is -1.26. The monoisotopic (exact) mass is 763 g/mol. The van der Waals surface area contributed by atoms with Crippen LogP contribution in [0.3, 0.4) is 0 Å². The molecule has 1 saturated carbocycles. The highest BCUT2D eigenvalue weighted by molar-refractivity contribution is 7.99. The number of rotatable bonds is 7. The zero-order valence-corrected chi connectivity index (χ0v) is 31.9. The number of amides is 3. The Morgan fingerprint density at radius 3 is 2.66 bits per heavy atom. The largest absolute Gasteiger partial charge is 0.464 e. The molecule has 0 radical (unpaired) electrons. The van der Waals surface area contributed by atoms with Crippen LogP contribution in [0.1, 0.15) is 78.7 Å². The average Bonchev–Trinajstić information content (AvgIpc) is 3.40. The van der Waals surface area contributed by atoms with Crippen molar-refractivity contribution in [1.29, 1.82) is 0 Å². The van der Waals surface area contributed by atoms with Gasteiger partial charge in [-0.25, -0.2) is 24.2 Å². The van der Waals surface area contributed by atoms with Gasteiger partial charge in [0.15, 0.2) is 5.16 Å². The van der Waals surface area contributed by atoms with Gasteiger partial charge >= 0.3 is 12.1 Å². The van der Waals surface area contributed by atoms with Gasteiger partial charge < -0.3 is 25.0 Å². The van der Waals surface area contributed by atoms with Gasteiger partial charge in [0.1, 0.15) is 23.2 Å². The second-order valence-corrected chi connectivity index (χ2v) is 16.2. The summed E-state index contributed by atoms with van der Waals surface area (Å²) in [5, 5.41) is 14.5. The standard InChI is InChI=1S/C37H45N7O7S2/c1-5-50-33(48)37-19-24(37)12-9-7-6-8-10-13-26(41-35(49)51-36(2,3)4)31(46)43-21-25(18-27(43)30(45)42-37)44-32(47)29(23-14-17-52-22-23)28(20-40-44)53-34-38-15-11-16-39-34/h9,11-12,14-17,20,22,24-27H,5-8,10,13,18-19,21H2,1-4H3,(H,41,49)(H,42,45)/b12-9-/t24-,25+,26-,27-,37+/m0/s1. The van der Waals surface area contributed by atoms with Crippen molar-refractivity contribution < 1.29 is 28.7 Å². The number of aromatic nitrogens is 4. The maximum absolute atomic E-state index is 14.5. The van der Waals surface area contributed by atoms with Gasteiger partial charge in [0.2, 0.25) is 11.8 Å². The zero-order valence-electron chi connectivity index (χ0n) is 30.3. The van der Waals surface area contributed by atoms with Crippen LogP contribution >= 0.6 is 23.1 Å². The molecule has 1 aliphatic carbocycles. The molecule has 1 saturated heterocycles. The van der Waals surface area contributed by atoms with Crippen molar-refractivity contribution in [2.75, 3.05) is 13.2 Å².